The second-order valence-electron chi connectivity index (χ2n) is 10.3. The standard InChI is InChI=1S/C30H30ClF2NO6S/c1-18(28-22(31)7-6-8-24(28)33)13-19-9-12-26-25(14-19)34(17-20(40-26)16-30(2,3)29(35)39-5)41(36,37)21-10-11-23(32)27(15-21)38-4/h6-15,20H,16-17H2,1-5H3/b18-13+/t20-/m0/s1. The molecule has 1 atom stereocenters. The van der Waals surface area contributed by atoms with E-state index in [9.17, 15) is 22.0 Å². The van der Waals surface area contributed by atoms with Gasteiger partial charge >= 0.3 is 5.97 Å². The first-order valence-electron chi connectivity index (χ1n) is 12.7. The lowest BCUT2D eigenvalue weighted by atomic mass is 9.86. The zero-order chi connectivity index (χ0) is 30.1. The number of carbonyl (C=O) groups is 1. The highest BCUT2D eigenvalue weighted by Crippen LogP contribution is 2.41. The lowest BCUT2D eigenvalue weighted by molar-refractivity contribution is -0.152. The Hall–Kier alpha value is -3.63. The van der Waals surface area contributed by atoms with E-state index >= 15 is 0 Å². The molecule has 3 aromatic rings. The molecule has 0 spiro atoms. The van der Waals surface area contributed by atoms with Crippen LogP contribution in [0.5, 0.6) is 11.5 Å². The van der Waals surface area contributed by atoms with E-state index in [0.717, 1.165) is 18.2 Å². The van der Waals surface area contributed by atoms with Crippen molar-refractivity contribution >= 4 is 44.9 Å². The first-order chi connectivity index (χ1) is 19.3. The Morgan fingerprint density at radius 2 is 1.85 bits per heavy atom. The van der Waals surface area contributed by atoms with Crippen molar-refractivity contribution < 1.29 is 36.2 Å². The van der Waals surface area contributed by atoms with Crippen LogP contribution in [0, 0.1) is 17.0 Å². The van der Waals surface area contributed by atoms with Gasteiger partial charge in [0.1, 0.15) is 17.7 Å². The quantitative estimate of drug-likeness (QED) is 0.209. The van der Waals surface area contributed by atoms with Crippen molar-refractivity contribution in [2.75, 3.05) is 25.1 Å². The summed E-state index contributed by atoms with van der Waals surface area (Å²) < 4.78 is 73.9. The molecule has 0 unspecified atom stereocenters. The molecule has 218 valence electrons. The van der Waals surface area contributed by atoms with Gasteiger partial charge in [0, 0.05) is 18.1 Å². The van der Waals surface area contributed by atoms with Crippen LogP contribution in [0.2, 0.25) is 5.02 Å². The van der Waals surface area contributed by atoms with Crippen LogP contribution in [0.3, 0.4) is 0 Å². The van der Waals surface area contributed by atoms with Gasteiger partial charge in [-0.3, -0.25) is 9.10 Å². The predicted molar refractivity (Wildman–Crippen MR) is 154 cm³/mol. The van der Waals surface area contributed by atoms with Crippen LogP contribution in [0.4, 0.5) is 14.5 Å². The van der Waals surface area contributed by atoms with Gasteiger partial charge in [0.15, 0.2) is 11.6 Å². The number of anilines is 1. The Morgan fingerprint density at radius 3 is 2.51 bits per heavy atom. The topological polar surface area (TPSA) is 82.1 Å². The van der Waals surface area contributed by atoms with Gasteiger partial charge in [-0.1, -0.05) is 29.8 Å². The van der Waals surface area contributed by atoms with Crippen LogP contribution >= 0.6 is 11.6 Å². The van der Waals surface area contributed by atoms with E-state index in [-0.39, 0.29) is 45.6 Å². The van der Waals surface area contributed by atoms with Crippen LogP contribution in [-0.4, -0.2) is 41.3 Å². The number of rotatable bonds is 8. The maximum absolute atomic E-state index is 14.5. The van der Waals surface area contributed by atoms with Gasteiger partial charge < -0.3 is 14.2 Å². The molecule has 0 bridgehead atoms. The van der Waals surface area contributed by atoms with Crippen molar-refractivity contribution in [2.24, 2.45) is 5.41 Å². The number of benzene rings is 3. The van der Waals surface area contributed by atoms with E-state index in [0.29, 0.717) is 11.1 Å². The molecule has 0 saturated carbocycles. The zero-order valence-electron chi connectivity index (χ0n) is 23.2. The van der Waals surface area contributed by atoms with Gasteiger partial charge in [0.25, 0.3) is 10.0 Å². The Bertz CT molecular complexity index is 1600. The molecule has 1 aliphatic heterocycles. The van der Waals surface area contributed by atoms with Gasteiger partial charge in [-0.25, -0.2) is 17.2 Å². The molecular weight excluding hydrogens is 576 g/mol. The summed E-state index contributed by atoms with van der Waals surface area (Å²) in [5.74, 6) is -1.62. The molecule has 0 fully saturated rings. The highest BCUT2D eigenvalue weighted by Gasteiger charge is 2.40. The lowest BCUT2D eigenvalue weighted by Gasteiger charge is -2.38. The minimum atomic E-state index is -4.26. The molecule has 0 saturated heterocycles. The van der Waals surface area contributed by atoms with E-state index in [1.807, 2.05) is 0 Å². The van der Waals surface area contributed by atoms with Gasteiger partial charge in [0.05, 0.1) is 41.8 Å². The lowest BCUT2D eigenvalue weighted by Crippen LogP contribution is -2.46. The summed E-state index contributed by atoms with van der Waals surface area (Å²) in [6, 6.07) is 12.6. The first-order valence-corrected chi connectivity index (χ1v) is 14.5. The molecule has 7 nitrogen and oxygen atoms in total. The molecule has 0 radical (unpaired) electrons. The van der Waals surface area contributed by atoms with Crippen LogP contribution in [-0.2, 0) is 19.6 Å². The number of hydrogen-bond acceptors (Lipinski definition) is 6. The maximum Gasteiger partial charge on any atom is 0.311 e. The fourth-order valence-corrected chi connectivity index (χ4v) is 6.63. The third-order valence-corrected chi connectivity index (χ3v) is 8.93. The molecule has 4 rings (SSSR count). The summed E-state index contributed by atoms with van der Waals surface area (Å²) in [6.45, 7) is 4.93. The molecule has 1 heterocycles. The average Bonchev–Trinajstić information content (AvgIpc) is 2.92. The number of methoxy groups -OCH3 is 2. The van der Waals surface area contributed by atoms with Gasteiger partial charge in [0.2, 0.25) is 0 Å². The van der Waals surface area contributed by atoms with Crippen LogP contribution in [0.25, 0.3) is 11.6 Å². The number of nitrogens with zero attached hydrogens (tertiary/aromatic N) is 1. The van der Waals surface area contributed by atoms with Gasteiger partial charge in [-0.2, -0.15) is 0 Å². The second-order valence-corrected chi connectivity index (χ2v) is 12.6. The van der Waals surface area contributed by atoms with Crippen LogP contribution in [0.15, 0.2) is 59.5 Å². The Kier molecular flexibility index (Phi) is 8.65. The number of fused-ring (bicyclic) bond motifs is 1. The third-order valence-electron chi connectivity index (χ3n) is 6.84. The number of carbonyl (C=O) groups excluding carboxylic acids is 1. The molecule has 11 heteroatoms. The van der Waals surface area contributed by atoms with E-state index in [1.165, 1.54) is 30.7 Å². The second kappa shape index (κ2) is 11.7. The molecule has 0 aromatic heterocycles. The van der Waals surface area contributed by atoms with Gasteiger partial charge in [-0.05, 0) is 68.3 Å². The van der Waals surface area contributed by atoms with Crippen molar-refractivity contribution in [3.05, 3.63) is 82.4 Å². The molecule has 0 aliphatic carbocycles. The van der Waals surface area contributed by atoms with E-state index < -0.39 is 39.1 Å². The SMILES string of the molecule is COC(=O)C(C)(C)C[C@H]1CN(S(=O)(=O)c2ccc(F)c(OC)c2)c2cc(/C=C(\C)c3c(F)cccc3Cl)ccc2O1. The predicted octanol–water partition coefficient (Wildman–Crippen LogP) is 6.73. The van der Waals surface area contributed by atoms with Crippen molar-refractivity contribution in [3.8, 4) is 11.5 Å². The smallest absolute Gasteiger partial charge is 0.311 e. The summed E-state index contributed by atoms with van der Waals surface area (Å²) >= 11 is 6.24. The number of ether oxygens (including phenoxy) is 3. The number of allylic oxidation sites excluding steroid dienone is 1. The first kappa shape index (κ1) is 30.3. The number of hydrogen-bond donors (Lipinski definition) is 0. The minimum Gasteiger partial charge on any atom is -0.494 e. The minimum absolute atomic E-state index is 0.138. The van der Waals surface area contributed by atoms with Gasteiger partial charge in [-0.15, -0.1) is 0 Å². The summed E-state index contributed by atoms with van der Waals surface area (Å²) in [4.78, 5) is 12.2. The average molecular weight is 606 g/mol. The highest BCUT2D eigenvalue weighted by atomic mass is 35.5. The largest absolute Gasteiger partial charge is 0.494 e. The highest BCUT2D eigenvalue weighted by molar-refractivity contribution is 7.92. The molecule has 41 heavy (non-hydrogen) atoms. The van der Waals surface area contributed by atoms with Crippen LogP contribution in [0.1, 0.15) is 38.3 Å². The Balaban J connectivity index is 1.82. The van der Waals surface area contributed by atoms with Crippen molar-refractivity contribution in [1.82, 2.24) is 0 Å². The molecule has 0 amide bonds. The number of sulfonamides is 1. The Labute approximate surface area is 243 Å². The monoisotopic (exact) mass is 605 g/mol. The zero-order valence-corrected chi connectivity index (χ0v) is 24.8. The van der Waals surface area contributed by atoms with Crippen molar-refractivity contribution in [1.29, 1.82) is 0 Å². The molecule has 3 aromatic carbocycles. The molecule has 1 aliphatic rings. The van der Waals surface area contributed by atoms with Crippen LogP contribution < -0.4 is 13.8 Å². The van der Waals surface area contributed by atoms with E-state index in [1.54, 1.807) is 51.1 Å². The summed E-state index contributed by atoms with van der Waals surface area (Å²) in [6.07, 6.45) is 1.13. The molecular formula is C30H30ClF2NO6S. The number of esters is 1. The summed E-state index contributed by atoms with van der Waals surface area (Å²) in [5.41, 5.74) is 0.580. The fourth-order valence-electron chi connectivity index (χ4n) is 4.81. The van der Waals surface area contributed by atoms with Crippen molar-refractivity contribution in [2.45, 2.75) is 38.2 Å². The molecule has 0 N–H and O–H groups in total. The summed E-state index contributed by atoms with van der Waals surface area (Å²) in [5, 5.41) is 0.241. The maximum atomic E-state index is 14.5. The summed E-state index contributed by atoms with van der Waals surface area (Å²) in [7, 11) is -1.74. The van der Waals surface area contributed by atoms with E-state index in [2.05, 4.69) is 0 Å². The normalized spacial score (nSPS) is 15.7. The Morgan fingerprint density at radius 1 is 1.12 bits per heavy atom. The van der Waals surface area contributed by atoms with Crippen molar-refractivity contribution in [3.63, 3.8) is 0 Å². The fraction of sp³-hybridized carbons (Fsp3) is 0.300. The number of halogens is 3. The third kappa shape index (κ3) is 6.18. The van der Waals surface area contributed by atoms with E-state index in [4.69, 9.17) is 25.8 Å².